The Kier molecular flexibility index (Phi) is 6.18. The molecular formula is C26H27ClF2N6O3. The van der Waals surface area contributed by atoms with Gasteiger partial charge in [-0.25, -0.2) is 18.7 Å². The van der Waals surface area contributed by atoms with Crippen molar-refractivity contribution in [3.63, 3.8) is 0 Å². The minimum absolute atomic E-state index is 0.00269. The molecule has 2 aliphatic rings. The lowest BCUT2D eigenvalue weighted by atomic mass is 9.71. The molecule has 1 fully saturated rings. The Morgan fingerprint density at radius 3 is 2.58 bits per heavy atom. The van der Waals surface area contributed by atoms with Crippen LogP contribution in [0.15, 0.2) is 36.9 Å². The summed E-state index contributed by atoms with van der Waals surface area (Å²) in [7, 11) is 1.75. The lowest BCUT2D eigenvalue weighted by molar-refractivity contribution is -0.152. The molecular weight excluding hydrogens is 518 g/mol. The average molecular weight is 545 g/mol. The Balaban J connectivity index is 1.56. The number of carbonyl (C=O) groups is 2. The number of hydrogen-bond donors (Lipinski definition) is 2. The Bertz CT molecular complexity index is 1450. The number of nitrogens with zero attached hydrogens (tertiary/aromatic N) is 5. The van der Waals surface area contributed by atoms with Crippen LogP contribution in [0, 0.1) is 11.6 Å². The lowest BCUT2D eigenvalue weighted by Crippen LogP contribution is -2.61. The van der Waals surface area contributed by atoms with Gasteiger partial charge < -0.3 is 19.9 Å². The van der Waals surface area contributed by atoms with Crippen molar-refractivity contribution >= 4 is 35.1 Å². The van der Waals surface area contributed by atoms with E-state index in [1.54, 1.807) is 30.8 Å². The highest BCUT2D eigenvalue weighted by Crippen LogP contribution is 2.44. The first-order valence-corrected chi connectivity index (χ1v) is 12.4. The fraction of sp³-hybridized carbons (Fsp3) is 0.385. The van der Waals surface area contributed by atoms with Gasteiger partial charge in [0.1, 0.15) is 11.4 Å². The molecule has 2 aliphatic heterocycles. The molecule has 1 aromatic carbocycles. The maximum absolute atomic E-state index is 16.2. The largest absolute Gasteiger partial charge is 0.381 e. The Morgan fingerprint density at radius 2 is 1.95 bits per heavy atom. The van der Waals surface area contributed by atoms with Crippen molar-refractivity contribution in [1.82, 2.24) is 19.4 Å². The van der Waals surface area contributed by atoms with Gasteiger partial charge in [0.05, 0.1) is 23.0 Å². The van der Waals surface area contributed by atoms with E-state index in [-0.39, 0.29) is 53.2 Å². The number of likely N-dealkylation sites (tertiary alicyclic amines) is 1. The number of aliphatic hydroxyl groups is 1. The maximum atomic E-state index is 16.2. The first kappa shape index (κ1) is 26.1. The van der Waals surface area contributed by atoms with E-state index in [4.69, 9.17) is 11.6 Å². The number of benzene rings is 1. The average Bonchev–Trinajstić information content (AvgIpc) is 3.26. The topological polar surface area (TPSA) is 104 Å². The van der Waals surface area contributed by atoms with Gasteiger partial charge in [-0.1, -0.05) is 23.7 Å². The van der Waals surface area contributed by atoms with Crippen LogP contribution in [0.25, 0.3) is 0 Å². The number of fused-ring (bicyclic) bond motifs is 1. The number of pyridine rings is 1. The molecule has 2 aromatic heterocycles. The monoisotopic (exact) mass is 544 g/mol. The van der Waals surface area contributed by atoms with Crippen molar-refractivity contribution in [1.29, 1.82) is 0 Å². The van der Waals surface area contributed by atoms with Gasteiger partial charge in [-0.2, -0.15) is 0 Å². The van der Waals surface area contributed by atoms with Crippen LogP contribution < -0.4 is 10.2 Å². The molecule has 9 nitrogen and oxygen atoms in total. The van der Waals surface area contributed by atoms with E-state index in [0.717, 1.165) is 0 Å². The van der Waals surface area contributed by atoms with Gasteiger partial charge in [0, 0.05) is 55.6 Å². The second kappa shape index (κ2) is 9.02. The summed E-state index contributed by atoms with van der Waals surface area (Å²) in [5, 5.41) is 12.8. The van der Waals surface area contributed by atoms with Crippen LogP contribution >= 0.6 is 11.6 Å². The molecule has 1 saturated heterocycles. The molecule has 5 rings (SSSR count). The van der Waals surface area contributed by atoms with Gasteiger partial charge >= 0.3 is 0 Å². The maximum Gasteiger partial charge on any atom is 0.261 e. The standard InChI is InChI=1S/C26H27ClF2N6O3/c1-25(2,38)24(37)34-9-14(10-34)32-22-21(29)19-15(8-30-22)23(36)35(18-11-33(4)13-31-18)12-26(19,3)16-6-5-7-17(27)20(16)28/h5-8,11,13-14,38H,9-10,12H2,1-4H3,(H,30,32)/t26-/m1/s1. The van der Waals surface area contributed by atoms with Crippen molar-refractivity contribution in [3.8, 4) is 0 Å². The molecule has 0 spiro atoms. The molecule has 2 N–H and O–H groups in total. The Morgan fingerprint density at radius 1 is 1.24 bits per heavy atom. The summed E-state index contributed by atoms with van der Waals surface area (Å²) in [6.45, 7) is 4.86. The number of aromatic nitrogens is 3. The molecule has 3 aromatic rings. The zero-order chi connectivity index (χ0) is 27.6. The zero-order valence-electron chi connectivity index (χ0n) is 21.3. The van der Waals surface area contributed by atoms with Gasteiger partial charge in [0.25, 0.3) is 11.8 Å². The predicted molar refractivity (Wildman–Crippen MR) is 137 cm³/mol. The molecule has 0 saturated carbocycles. The number of aryl methyl sites for hydroxylation is 1. The van der Waals surface area contributed by atoms with E-state index in [1.165, 1.54) is 48.3 Å². The van der Waals surface area contributed by atoms with E-state index in [9.17, 15) is 14.7 Å². The van der Waals surface area contributed by atoms with Crippen LogP contribution in [0.3, 0.4) is 0 Å². The van der Waals surface area contributed by atoms with E-state index >= 15 is 8.78 Å². The summed E-state index contributed by atoms with van der Waals surface area (Å²) < 4.78 is 33.3. The van der Waals surface area contributed by atoms with Crippen molar-refractivity contribution in [3.05, 3.63) is 70.3 Å². The van der Waals surface area contributed by atoms with Crippen LogP contribution in [-0.2, 0) is 17.3 Å². The second-order valence-electron chi connectivity index (χ2n) is 10.5. The Labute approximate surface area is 223 Å². The quantitative estimate of drug-likeness (QED) is 0.512. The minimum atomic E-state index is -1.51. The third kappa shape index (κ3) is 4.19. The number of halogens is 3. The Hall–Kier alpha value is -3.57. The van der Waals surface area contributed by atoms with Crippen LogP contribution in [0.5, 0.6) is 0 Å². The molecule has 0 radical (unpaired) electrons. The molecule has 38 heavy (non-hydrogen) atoms. The third-order valence-corrected chi connectivity index (χ3v) is 7.36. The van der Waals surface area contributed by atoms with E-state index < -0.39 is 34.5 Å². The third-order valence-electron chi connectivity index (χ3n) is 7.07. The van der Waals surface area contributed by atoms with Crippen LogP contribution in [0.2, 0.25) is 5.02 Å². The fourth-order valence-electron chi connectivity index (χ4n) is 5.09. The van der Waals surface area contributed by atoms with Crippen molar-refractivity contribution < 1.29 is 23.5 Å². The first-order valence-electron chi connectivity index (χ1n) is 12.0. The van der Waals surface area contributed by atoms with Crippen molar-refractivity contribution in [2.24, 2.45) is 7.05 Å². The molecule has 0 bridgehead atoms. The second-order valence-corrected chi connectivity index (χ2v) is 10.9. The fourth-order valence-corrected chi connectivity index (χ4v) is 5.27. The van der Waals surface area contributed by atoms with Crippen molar-refractivity contribution in [2.45, 2.75) is 37.8 Å². The summed E-state index contributed by atoms with van der Waals surface area (Å²) in [6, 6.07) is 4.19. The van der Waals surface area contributed by atoms with Crippen LogP contribution in [0.4, 0.5) is 20.4 Å². The molecule has 1 atom stereocenters. The summed E-state index contributed by atoms with van der Waals surface area (Å²) >= 11 is 6.11. The van der Waals surface area contributed by atoms with Gasteiger partial charge in [0.15, 0.2) is 17.5 Å². The summed E-state index contributed by atoms with van der Waals surface area (Å²) in [6.07, 6.45) is 4.46. The number of hydrogen-bond acceptors (Lipinski definition) is 6. The number of rotatable bonds is 5. The molecule has 2 amide bonds. The highest BCUT2D eigenvalue weighted by Gasteiger charge is 2.47. The smallest absolute Gasteiger partial charge is 0.261 e. The lowest BCUT2D eigenvalue weighted by Gasteiger charge is -2.43. The van der Waals surface area contributed by atoms with Gasteiger partial charge in [0.2, 0.25) is 0 Å². The number of imidazole rings is 1. The van der Waals surface area contributed by atoms with E-state index in [0.29, 0.717) is 5.82 Å². The molecule has 12 heteroatoms. The minimum Gasteiger partial charge on any atom is -0.381 e. The highest BCUT2D eigenvalue weighted by atomic mass is 35.5. The number of anilines is 2. The molecule has 0 aliphatic carbocycles. The highest BCUT2D eigenvalue weighted by molar-refractivity contribution is 6.30. The SMILES string of the molecule is Cn1cnc(N2C[C@](C)(c3cccc(Cl)c3F)c3c(cnc(NC4CN(C(=O)C(C)(C)O)C4)c3F)C2=O)c1. The number of carbonyl (C=O) groups excluding carboxylic acids is 2. The number of amides is 2. The van der Waals surface area contributed by atoms with Gasteiger partial charge in [-0.3, -0.25) is 14.5 Å². The normalized spacial score (nSPS) is 19.8. The molecule has 0 unspecified atom stereocenters. The summed E-state index contributed by atoms with van der Waals surface area (Å²) in [5.74, 6) is -2.21. The van der Waals surface area contributed by atoms with Gasteiger partial charge in [-0.15, -0.1) is 0 Å². The predicted octanol–water partition coefficient (Wildman–Crippen LogP) is 3.11. The molecule has 200 valence electrons. The first-order chi connectivity index (χ1) is 17.8. The zero-order valence-corrected chi connectivity index (χ0v) is 22.1. The summed E-state index contributed by atoms with van der Waals surface area (Å²) in [5.41, 5.74) is -2.75. The van der Waals surface area contributed by atoms with E-state index in [2.05, 4.69) is 15.3 Å². The number of nitrogens with one attached hydrogen (secondary N) is 1. The van der Waals surface area contributed by atoms with E-state index in [1.807, 2.05) is 0 Å². The molecule has 4 heterocycles. The summed E-state index contributed by atoms with van der Waals surface area (Å²) in [4.78, 5) is 37.1. The van der Waals surface area contributed by atoms with Crippen LogP contribution in [0.1, 0.15) is 42.3 Å². The van der Waals surface area contributed by atoms with Crippen molar-refractivity contribution in [2.75, 3.05) is 29.9 Å². The van der Waals surface area contributed by atoms with Gasteiger partial charge in [-0.05, 0) is 26.8 Å². The van der Waals surface area contributed by atoms with Crippen LogP contribution in [-0.4, -0.2) is 67.6 Å².